The predicted octanol–water partition coefficient (Wildman–Crippen LogP) is 4.25. The van der Waals surface area contributed by atoms with Gasteiger partial charge in [-0.2, -0.15) is 0 Å². The van der Waals surface area contributed by atoms with E-state index in [1.165, 1.54) is 28.6 Å². The van der Waals surface area contributed by atoms with Crippen LogP contribution in [0.2, 0.25) is 0 Å². The van der Waals surface area contributed by atoms with Crippen LogP contribution >= 0.6 is 23.1 Å². The van der Waals surface area contributed by atoms with Gasteiger partial charge in [0.25, 0.3) is 5.56 Å². The van der Waals surface area contributed by atoms with E-state index in [4.69, 9.17) is 4.98 Å². The summed E-state index contributed by atoms with van der Waals surface area (Å²) in [6.45, 7) is 4.70. The second-order valence-corrected chi connectivity index (χ2v) is 9.43. The van der Waals surface area contributed by atoms with E-state index >= 15 is 0 Å². The summed E-state index contributed by atoms with van der Waals surface area (Å²) >= 11 is 2.97. The average molecular weight is 428 g/mol. The van der Waals surface area contributed by atoms with Crippen LogP contribution in [0.25, 0.3) is 15.9 Å². The van der Waals surface area contributed by atoms with E-state index in [9.17, 15) is 9.59 Å². The van der Waals surface area contributed by atoms with Crippen molar-refractivity contribution in [3.05, 3.63) is 50.6 Å². The first-order valence-corrected chi connectivity index (χ1v) is 11.9. The van der Waals surface area contributed by atoms with Crippen LogP contribution in [0, 0.1) is 6.92 Å². The van der Waals surface area contributed by atoms with E-state index in [1.807, 2.05) is 38.1 Å². The zero-order chi connectivity index (χ0) is 20.4. The van der Waals surface area contributed by atoms with Crippen LogP contribution in [0.3, 0.4) is 0 Å². The average Bonchev–Trinajstić information content (AvgIpc) is 3.09. The van der Waals surface area contributed by atoms with Gasteiger partial charge in [0, 0.05) is 11.4 Å². The van der Waals surface area contributed by atoms with Crippen molar-refractivity contribution in [2.45, 2.75) is 51.1 Å². The number of aromatic nitrogens is 2. The Morgan fingerprint density at radius 2 is 2.14 bits per heavy atom. The number of nitrogens with zero attached hydrogens (tertiary/aromatic N) is 2. The molecule has 4 rings (SSSR count). The molecule has 0 saturated carbocycles. The van der Waals surface area contributed by atoms with Crippen molar-refractivity contribution >= 4 is 39.2 Å². The van der Waals surface area contributed by atoms with Crippen LogP contribution in [0.15, 0.2) is 34.2 Å². The SMILES string of the molecule is CCCNC(=O)CSc1nc2sc3c(c2c(=O)n1-c1cccc(C)c1)CCCC3. The number of benzene rings is 1. The molecule has 1 amide bonds. The third-order valence-corrected chi connectivity index (χ3v) is 7.25. The number of amides is 1. The maximum Gasteiger partial charge on any atom is 0.267 e. The molecule has 0 fully saturated rings. The van der Waals surface area contributed by atoms with Gasteiger partial charge in [0.05, 0.1) is 16.8 Å². The number of thioether (sulfide) groups is 1. The van der Waals surface area contributed by atoms with Crippen LogP contribution in [0.1, 0.15) is 42.2 Å². The van der Waals surface area contributed by atoms with E-state index in [-0.39, 0.29) is 17.2 Å². The Labute approximate surface area is 178 Å². The Morgan fingerprint density at radius 3 is 2.93 bits per heavy atom. The maximum atomic E-state index is 13.6. The number of hydrogen-bond donors (Lipinski definition) is 1. The summed E-state index contributed by atoms with van der Waals surface area (Å²) in [5, 5.41) is 4.24. The Hall–Kier alpha value is -2.12. The lowest BCUT2D eigenvalue weighted by atomic mass is 9.97. The number of aryl methyl sites for hydroxylation is 3. The molecule has 2 aromatic heterocycles. The molecule has 0 aliphatic heterocycles. The number of hydrogen-bond acceptors (Lipinski definition) is 5. The zero-order valence-electron chi connectivity index (χ0n) is 16.8. The third-order valence-electron chi connectivity index (χ3n) is 5.12. The number of nitrogens with one attached hydrogen (secondary N) is 1. The second-order valence-electron chi connectivity index (χ2n) is 7.40. The highest BCUT2D eigenvalue weighted by molar-refractivity contribution is 7.99. The van der Waals surface area contributed by atoms with Crippen molar-refractivity contribution < 1.29 is 4.79 Å². The summed E-state index contributed by atoms with van der Waals surface area (Å²) in [5.74, 6) is 0.210. The van der Waals surface area contributed by atoms with Crippen molar-refractivity contribution in [1.29, 1.82) is 0 Å². The third kappa shape index (κ3) is 4.12. The van der Waals surface area contributed by atoms with Gasteiger partial charge in [0.1, 0.15) is 4.83 Å². The molecule has 0 unspecified atom stereocenters. The number of fused-ring (bicyclic) bond motifs is 3. The summed E-state index contributed by atoms with van der Waals surface area (Å²) < 4.78 is 1.69. The molecule has 1 N–H and O–H groups in total. The van der Waals surface area contributed by atoms with Crippen molar-refractivity contribution in [3.8, 4) is 5.69 Å². The first-order valence-electron chi connectivity index (χ1n) is 10.1. The molecule has 2 heterocycles. The lowest BCUT2D eigenvalue weighted by molar-refractivity contribution is -0.118. The molecular weight excluding hydrogens is 402 g/mol. The minimum Gasteiger partial charge on any atom is -0.355 e. The van der Waals surface area contributed by atoms with Crippen LogP contribution in [0.5, 0.6) is 0 Å². The Morgan fingerprint density at radius 1 is 1.31 bits per heavy atom. The van der Waals surface area contributed by atoms with Gasteiger partial charge in [0.15, 0.2) is 5.16 Å². The molecule has 7 heteroatoms. The second kappa shape index (κ2) is 8.71. The van der Waals surface area contributed by atoms with Crippen molar-refractivity contribution in [2.24, 2.45) is 0 Å². The summed E-state index contributed by atoms with van der Waals surface area (Å²) in [4.78, 5) is 32.7. The van der Waals surface area contributed by atoms with Crippen molar-refractivity contribution in [1.82, 2.24) is 14.9 Å². The van der Waals surface area contributed by atoms with Crippen LogP contribution in [-0.2, 0) is 17.6 Å². The summed E-state index contributed by atoms with van der Waals surface area (Å²) in [5.41, 5.74) is 3.05. The summed E-state index contributed by atoms with van der Waals surface area (Å²) in [6.07, 6.45) is 5.17. The number of rotatable bonds is 6. The fourth-order valence-corrected chi connectivity index (χ4v) is 5.87. The molecule has 152 valence electrons. The highest BCUT2D eigenvalue weighted by Gasteiger charge is 2.23. The molecule has 0 spiro atoms. The smallest absolute Gasteiger partial charge is 0.267 e. The molecule has 1 aromatic carbocycles. The largest absolute Gasteiger partial charge is 0.355 e. The Balaban J connectivity index is 1.83. The molecule has 29 heavy (non-hydrogen) atoms. The lowest BCUT2D eigenvalue weighted by Crippen LogP contribution is -2.27. The molecule has 1 aliphatic carbocycles. The number of carbonyl (C=O) groups excluding carboxylic acids is 1. The molecule has 0 atom stereocenters. The van der Waals surface area contributed by atoms with Crippen molar-refractivity contribution in [2.75, 3.05) is 12.3 Å². The summed E-state index contributed by atoms with van der Waals surface area (Å²) in [6, 6.07) is 7.89. The zero-order valence-corrected chi connectivity index (χ0v) is 18.4. The van der Waals surface area contributed by atoms with Gasteiger partial charge in [0.2, 0.25) is 5.91 Å². The van der Waals surface area contributed by atoms with Gasteiger partial charge in [-0.15, -0.1) is 11.3 Å². The van der Waals surface area contributed by atoms with E-state index in [0.29, 0.717) is 11.7 Å². The van der Waals surface area contributed by atoms with Crippen molar-refractivity contribution in [3.63, 3.8) is 0 Å². The van der Waals surface area contributed by atoms with Gasteiger partial charge < -0.3 is 5.32 Å². The number of thiophene rings is 1. The lowest BCUT2D eigenvalue weighted by Gasteiger charge is -2.14. The van der Waals surface area contributed by atoms with E-state index < -0.39 is 0 Å². The Bertz CT molecular complexity index is 1120. The van der Waals surface area contributed by atoms with Gasteiger partial charge >= 0.3 is 0 Å². The molecule has 0 bridgehead atoms. The van der Waals surface area contributed by atoms with E-state index in [0.717, 1.165) is 47.2 Å². The van der Waals surface area contributed by atoms with Gasteiger partial charge in [-0.25, -0.2) is 4.98 Å². The minimum absolute atomic E-state index is 0.0172. The number of carbonyl (C=O) groups is 1. The van der Waals surface area contributed by atoms with Gasteiger partial charge in [-0.1, -0.05) is 30.8 Å². The normalized spacial score (nSPS) is 13.4. The highest BCUT2D eigenvalue weighted by Crippen LogP contribution is 2.35. The molecular formula is C22H25N3O2S2. The monoisotopic (exact) mass is 427 g/mol. The minimum atomic E-state index is -0.0348. The molecule has 5 nitrogen and oxygen atoms in total. The standard InChI is InChI=1S/C22H25N3O2S2/c1-3-11-23-18(26)13-28-22-24-20-19(16-9-4-5-10-17(16)29-20)21(27)25(22)15-8-6-7-14(2)12-15/h6-8,12H,3-5,9-11,13H2,1-2H3,(H,23,26). The molecule has 0 saturated heterocycles. The maximum absolute atomic E-state index is 13.6. The molecule has 3 aromatic rings. The fourth-order valence-electron chi connectivity index (χ4n) is 3.72. The highest BCUT2D eigenvalue weighted by atomic mass is 32.2. The topological polar surface area (TPSA) is 64.0 Å². The Kier molecular flexibility index (Phi) is 6.06. The van der Waals surface area contributed by atoms with Crippen LogP contribution in [-0.4, -0.2) is 27.8 Å². The quantitative estimate of drug-likeness (QED) is 0.472. The first kappa shape index (κ1) is 20.2. The van der Waals surface area contributed by atoms with E-state index in [1.54, 1.807) is 15.9 Å². The van der Waals surface area contributed by atoms with Crippen LogP contribution in [0.4, 0.5) is 0 Å². The van der Waals surface area contributed by atoms with Gasteiger partial charge in [-0.3, -0.25) is 14.2 Å². The van der Waals surface area contributed by atoms with Gasteiger partial charge in [-0.05, 0) is 62.3 Å². The molecule has 0 radical (unpaired) electrons. The first-order chi connectivity index (χ1) is 14.1. The molecule has 1 aliphatic rings. The van der Waals surface area contributed by atoms with Crippen LogP contribution < -0.4 is 10.9 Å². The predicted molar refractivity (Wildman–Crippen MR) is 121 cm³/mol. The van der Waals surface area contributed by atoms with E-state index in [2.05, 4.69) is 5.32 Å². The summed E-state index contributed by atoms with van der Waals surface area (Å²) in [7, 11) is 0. The fraction of sp³-hybridized carbons (Fsp3) is 0.409.